The average molecular weight is 275 g/mol. The Hall–Kier alpha value is -2.04. The van der Waals surface area contributed by atoms with Crippen LogP contribution in [0.3, 0.4) is 0 Å². The minimum atomic E-state index is -0.398. The molecule has 0 heterocycles. The Morgan fingerprint density at radius 2 is 1.90 bits per heavy atom. The largest absolute Gasteiger partial charge is 0.399 e. The first-order valence-corrected chi connectivity index (χ1v) is 6.82. The molecule has 2 rings (SSSR count). The van der Waals surface area contributed by atoms with Gasteiger partial charge in [-0.3, -0.25) is 9.59 Å². The lowest BCUT2D eigenvalue weighted by Crippen LogP contribution is -2.38. The van der Waals surface area contributed by atoms with Gasteiger partial charge >= 0.3 is 0 Å². The smallest absolute Gasteiger partial charge is 0.232 e. The summed E-state index contributed by atoms with van der Waals surface area (Å²) in [5, 5.41) is 2.56. The molecule has 0 aliphatic heterocycles. The minimum Gasteiger partial charge on any atom is -0.399 e. The van der Waals surface area contributed by atoms with Crippen molar-refractivity contribution in [2.24, 2.45) is 0 Å². The van der Waals surface area contributed by atoms with E-state index in [0.717, 1.165) is 18.4 Å². The Labute approximate surface area is 119 Å². The molecule has 5 nitrogen and oxygen atoms in total. The third kappa shape index (κ3) is 2.76. The minimum absolute atomic E-state index is 0.0537. The summed E-state index contributed by atoms with van der Waals surface area (Å²) in [4.78, 5) is 25.5. The van der Waals surface area contributed by atoms with Gasteiger partial charge in [0.15, 0.2) is 0 Å². The number of hydrogen-bond acceptors (Lipinski definition) is 3. The summed E-state index contributed by atoms with van der Waals surface area (Å²) in [6.07, 6.45) is 2.05. The Bertz CT molecular complexity index is 506. The molecule has 0 bridgehead atoms. The van der Waals surface area contributed by atoms with Gasteiger partial charge in [-0.15, -0.1) is 0 Å². The summed E-state index contributed by atoms with van der Waals surface area (Å²) < 4.78 is 0. The van der Waals surface area contributed by atoms with Gasteiger partial charge in [0.25, 0.3) is 0 Å². The van der Waals surface area contributed by atoms with Crippen LogP contribution in [-0.4, -0.2) is 37.4 Å². The summed E-state index contributed by atoms with van der Waals surface area (Å²) >= 11 is 0. The number of amides is 2. The van der Waals surface area contributed by atoms with Gasteiger partial charge in [-0.25, -0.2) is 0 Å². The maximum Gasteiger partial charge on any atom is 0.232 e. The summed E-state index contributed by atoms with van der Waals surface area (Å²) in [7, 11) is 3.35. The molecule has 2 amide bonds. The fourth-order valence-electron chi connectivity index (χ4n) is 2.41. The molecule has 1 aromatic carbocycles. The van der Waals surface area contributed by atoms with Crippen LogP contribution < -0.4 is 11.1 Å². The maximum atomic E-state index is 12.6. The number of benzene rings is 1. The molecule has 1 aliphatic rings. The number of anilines is 1. The molecule has 0 atom stereocenters. The highest BCUT2D eigenvalue weighted by molar-refractivity contribution is 5.91. The topological polar surface area (TPSA) is 75.4 Å². The van der Waals surface area contributed by atoms with Crippen molar-refractivity contribution in [2.75, 3.05) is 26.4 Å². The predicted octanol–water partition coefficient (Wildman–Crippen LogP) is 0.895. The van der Waals surface area contributed by atoms with E-state index in [1.807, 2.05) is 24.3 Å². The van der Waals surface area contributed by atoms with Crippen LogP contribution in [0.25, 0.3) is 0 Å². The van der Waals surface area contributed by atoms with Crippen LogP contribution in [-0.2, 0) is 15.0 Å². The Balaban J connectivity index is 2.04. The van der Waals surface area contributed by atoms with Crippen LogP contribution in [0.5, 0.6) is 0 Å². The summed E-state index contributed by atoms with van der Waals surface area (Å²) in [5.74, 6) is 0.0353. The maximum absolute atomic E-state index is 12.6. The molecule has 20 heavy (non-hydrogen) atoms. The van der Waals surface area contributed by atoms with E-state index < -0.39 is 5.41 Å². The van der Waals surface area contributed by atoms with Gasteiger partial charge in [0.1, 0.15) is 0 Å². The Morgan fingerprint density at radius 3 is 2.40 bits per heavy atom. The quantitative estimate of drug-likeness (QED) is 0.784. The highest BCUT2D eigenvalue weighted by atomic mass is 16.2. The summed E-state index contributed by atoms with van der Waals surface area (Å²) in [6, 6.07) is 7.50. The second-order valence-corrected chi connectivity index (χ2v) is 5.35. The van der Waals surface area contributed by atoms with E-state index in [4.69, 9.17) is 5.73 Å². The molecule has 0 spiro atoms. The van der Waals surface area contributed by atoms with Crippen LogP contribution in [0.1, 0.15) is 24.8 Å². The molecule has 0 unspecified atom stereocenters. The first-order chi connectivity index (χ1) is 9.49. The molecule has 1 saturated carbocycles. The number of nitrogens with zero attached hydrogens (tertiary/aromatic N) is 1. The van der Waals surface area contributed by atoms with Crippen molar-refractivity contribution in [3.8, 4) is 0 Å². The molecular weight excluding hydrogens is 254 g/mol. The van der Waals surface area contributed by atoms with Gasteiger partial charge in [-0.1, -0.05) is 12.1 Å². The van der Waals surface area contributed by atoms with Crippen molar-refractivity contribution in [1.29, 1.82) is 0 Å². The van der Waals surface area contributed by atoms with E-state index in [1.165, 1.54) is 0 Å². The monoisotopic (exact) mass is 275 g/mol. The first kappa shape index (κ1) is 14.4. The first-order valence-electron chi connectivity index (χ1n) is 6.82. The van der Waals surface area contributed by atoms with Gasteiger partial charge in [0.05, 0.1) is 5.41 Å². The molecule has 0 saturated heterocycles. The number of nitrogens with one attached hydrogen (secondary N) is 1. The molecule has 108 valence electrons. The van der Waals surface area contributed by atoms with Gasteiger partial charge in [-0.05, 0) is 30.5 Å². The fraction of sp³-hybridized carbons (Fsp3) is 0.467. The van der Waals surface area contributed by atoms with E-state index in [1.54, 1.807) is 19.0 Å². The Kier molecular flexibility index (Phi) is 3.97. The van der Waals surface area contributed by atoms with E-state index >= 15 is 0 Å². The molecule has 1 aromatic rings. The van der Waals surface area contributed by atoms with Gasteiger partial charge in [-0.2, -0.15) is 0 Å². The normalized spacial score (nSPS) is 15.5. The molecule has 0 aromatic heterocycles. The van der Waals surface area contributed by atoms with Crippen molar-refractivity contribution in [2.45, 2.75) is 24.7 Å². The Morgan fingerprint density at radius 1 is 1.30 bits per heavy atom. The van der Waals surface area contributed by atoms with Gasteiger partial charge < -0.3 is 16.0 Å². The fourth-order valence-corrected chi connectivity index (χ4v) is 2.41. The van der Waals surface area contributed by atoms with Crippen LogP contribution in [0.15, 0.2) is 24.3 Å². The van der Waals surface area contributed by atoms with Crippen LogP contribution in [0.2, 0.25) is 0 Å². The van der Waals surface area contributed by atoms with Crippen LogP contribution in [0, 0.1) is 0 Å². The zero-order valence-electron chi connectivity index (χ0n) is 12.0. The van der Waals surface area contributed by atoms with E-state index in [0.29, 0.717) is 18.7 Å². The SMILES string of the molecule is CNC(=O)CCN(C)C(=O)C1(c2ccc(N)cc2)CC1. The zero-order chi connectivity index (χ0) is 14.8. The van der Waals surface area contributed by atoms with E-state index in [9.17, 15) is 9.59 Å². The van der Waals surface area contributed by atoms with Crippen molar-refractivity contribution in [3.05, 3.63) is 29.8 Å². The molecular formula is C15H21N3O2. The van der Waals surface area contributed by atoms with Crippen LogP contribution >= 0.6 is 0 Å². The number of rotatable bonds is 5. The standard InChI is InChI=1S/C15H21N3O2/c1-17-13(19)7-10-18(2)14(20)15(8-9-15)11-3-5-12(16)6-4-11/h3-6H,7-10,16H2,1-2H3,(H,17,19). The third-order valence-electron chi connectivity index (χ3n) is 3.92. The van der Waals surface area contributed by atoms with Crippen LogP contribution in [0.4, 0.5) is 5.69 Å². The lowest BCUT2D eigenvalue weighted by atomic mass is 9.94. The number of nitrogen functional groups attached to an aromatic ring is 1. The number of hydrogen-bond donors (Lipinski definition) is 2. The lowest BCUT2D eigenvalue weighted by Gasteiger charge is -2.23. The molecule has 1 fully saturated rings. The highest BCUT2D eigenvalue weighted by Crippen LogP contribution is 2.49. The third-order valence-corrected chi connectivity index (χ3v) is 3.92. The van der Waals surface area contributed by atoms with Gasteiger partial charge in [0, 0.05) is 32.7 Å². The second kappa shape index (κ2) is 5.53. The summed E-state index contributed by atoms with van der Waals surface area (Å²) in [6.45, 7) is 0.440. The predicted molar refractivity (Wildman–Crippen MR) is 78.1 cm³/mol. The van der Waals surface area contributed by atoms with E-state index in [2.05, 4.69) is 5.32 Å². The highest BCUT2D eigenvalue weighted by Gasteiger charge is 2.52. The van der Waals surface area contributed by atoms with Crippen molar-refractivity contribution < 1.29 is 9.59 Å². The molecule has 3 N–H and O–H groups in total. The number of carbonyl (C=O) groups excluding carboxylic acids is 2. The number of carbonyl (C=O) groups is 2. The average Bonchev–Trinajstić information content (AvgIpc) is 3.25. The van der Waals surface area contributed by atoms with E-state index in [-0.39, 0.29) is 11.8 Å². The number of nitrogens with two attached hydrogens (primary N) is 1. The molecule has 0 radical (unpaired) electrons. The second-order valence-electron chi connectivity index (χ2n) is 5.35. The van der Waals surface area contributed by atoms with Crippen molar-refractivity contribution in [1.82, 2.24) is 10.2 Å². The van der Waals surface area contributed by atoms with Crippen molar-refractivity contribution in [3.63, 3.8) is 0 Å². The molecule has 1 aliphatic carbocycles. The molecule has 5 heteroatoms. The zero-order valence-corrected chi connectivity index (χ0v) is 12.0. The number of likely N-dealkylation sites (N-methyl/N-ethyl adjacent to an activating group) is 1. The van der Waals surface area contributed by atoms with Crippen molar-refractivity contribution >= 4 is 17.5 Å². The summed E-state index contributed by atoms with van der Waals surface area (Å²) in [5.41, 5.74) is 7.00. The van der Waals surface area contributed by atoms with Gasteiger partial charge in [0.2, 0.25) is 11.8 Å². The lowest BCUT2D eigenvalue weighted by molar-refractivity contribution is -0.133.